The molecule has 0 spiro atoms. The molecule has 2 N–H and O–H groups in total. The first-order chi connectivity index (χ1) is 10.6. The van der Waals surface area contributed by atoms with Gasteiger partial charge in [-0.3, -0.25) is 9.48 Å². The second-order valence-corrected chi connectivity index (χ2v) is 5.43. The topological polar surface area (TPSA) is 75.6 Å². The SMILES string of the molecule is Cc1ccc2[nH]c(CNCCc3ncnn3C)cc(=O)c2c1. The molecule has 114 valence electrons. The van der Waals surface area contributed by atoms with Crippen LogP contribution in [-0.2, 0) is 20.0 Å². The summed E-state index contributed by atoms with van der Waals surface area (Å²) in [6.07, 6.45) is 2.35. The molecule has 0 aliphatic heterocycles. The molecule has 0 aliphatic carbocycles. The van der Waals surface area contributed by atoms with Gasteiger partial charge in [0.2, 0.25) is 0 Å². The highest BCUT2D eigenvalue weighted by atomic mass is 16.1. The smallest absolute Gasteiger partial charge is 0.189 e. The molecular formula is C16H19N5O. The zero-order valence-corrected chi connectivity index (χ0v) is 12.8. The molecule has 6 nitrogen and oxygen atoms in total. The van der Waals surface area contributed by atoms with E-state index in [0.29, 0.717) is 6.54 Å². The van der Waals surface area contributed by atoms with Crippen LogP contribution in [0.4, 0.5) is 0 Å². The lowest BCUT2D eigenvalue weighted by Gasteiger charge is -2.07. The normalized spacial score (nSPS) is 11.2. The number of hydrogen-bond donors (Lipinski definition) is 2. The minimum Gasteiger partial charge on any atom is -0.357 e. The Labute approximate surface area is 128 Å². The molecule has 0 amide bonds. The van der Waals surface area contributed by atoms with Crippen molar-refractivity contribution in [3.63, 3.8) is 0 Å². The third-order valence-corrected chi connectivity index (χ3v) is 3.69. The summed E-state index contributed by atoms with van der Waals surface area (Å²) < 4.78 is 1.77. The fourth-order valence-electron chi connectivity index (χ4n) is 2.48. The van der Waals surface area contributed by atoms with E-state index in [9.17, 15) is 4.79 Å². The summed E-state index contributed by atoms with van der Waals surface area (Å²) in [5, 5.41) is 8.09. The summed E-state index contributed by atoms with van der Waals surface area (Å²) in [7, 11) is 1.88. The molecule has 3 aromatic rings. The highest BCUT2D eigenvalue weighted by Gasteiger charge is 2.03. The molecule has 0 aliphatic rings. The number of fused-ring (bicyclic) bond motifs is 1. The summed E-state index contributed by atoms with van der Waals surface area (Å²) in [4.78, 5) is 19.6. The van der Waals surface area contributed by atoms with Gasteiger partial charge < -0.3 is 10.3 Å². The quantitative estimate of drug-likeness (QED) is 0.696. The van der Waals surface area contributed by atoms with Gasteiger partial charge >= 0.3 is 0 Å². The Balaban J connectivity index is 1.66. The zero-order valence-electron chi connectivity index (χ0n) is 12.8. The van der Waals surface area contributed by atoms with Gasteiger partial charge in [-0.1, -0.05) is 11.6 Å². The number of aromatic nitrogens is 4. The summed E-state index contributed by atoms with van der Waals surface area (Å²) in [5.41, 5.74) is 2.91. The van der Waals surface area contributed by atoms with E-state index in [-0.39, 0.29) is 5.43 Å². The van der Waals surface area contributed by atoms with Crippen LogP contribution in [0.25, 0.3) is 10.9 Å². The van der Waals surface area contributed by atoms with E-state index in [0.717, 1.165) is 41.0 Å². The van der Waals surface area contributed by atoms with Crippen LogP contribution in [0.5, 0.6) is 0 Å². The van der Waals surface area contributed by atoms with Crippen molar-refractivity contribution in [2.45, 2.75) is 19.9 Å². The monoisotopic (exact) mass is 297 g/mol. The van der Waals surface area contributed by atoms with Crippen molar-refractivity contribution >= 4 is 10.9 Å². The van der Waals surface area contributed by atoms with Crippen molar-refractivity contribution in [3.8, 4) is 0 Å². The molecule has 2 aromatic heterocycles. The molecule has 0 saturated carbocycles. The van der Waals surface area contributed by atoms with Gasteiger partial charge in [-0.25, -0.2) is 4.98 Å². The molecule has 1 aromatic carbocycles. The molecule has 6 heteroatoms. The van der Waals surface area contributed by atoms with E-state index in [4.69, 9.17) is 0 Å². The van der Waals surface area contributed by atoms with Gasteiger partial charge in [-0.15, -0.1) is 0 Å². The second-order valence-electron chi connectivity index (χ2n) is 5.43. The Bertz CT molecular complexity index is 849. The molecule has 2 heterocycles. The van der Waals surface area contributed by atoms with Crippen molar-refractivity contribution in [1.29, 1.82) is 0 Å². The fraction of sp³-hybridized carbons (Fsp3) is 0.312. The molecule has 0 atom stereocenters. The van der Waals surface area contributed by atoms with Crippen molar-refractivity contribution in [3.05, 3.63) is 57.9 Å². The standard InChI is InChI=1S/C16H19N5O/c1-11-3-4-14-13(7-11)15(22)8-12(20-14)9-17-6-5-16-18-10-19-21(16)2/h3-4,7-8,10,17H,5-6,9H2,1-2H3,(H,20,22). The number of aryl methyl sites for hydroxylation is 2. The summed E-state index contributed by atoms with van der Waals surface area (Å²) >= 11 is 0. The first-order valence-corrected chi connectivity index (χ1v) is 7.29. The number of hydrogen-bond acceptors (Lipinski definition) is 4. The Morgan fingerprint density at radius 3 is 2.95 bits per heavy atom. The summed E-state index contributed by atoms with van der Waals surface area (Å²) in [5.74, 6) is 0.940. The van der Waals surface area contributed by atoms with E-state index in [2.05, 4.69) is 20.4 Å². The summed E-state index contributed by atoms with van der Waals surface area (Å²) in [6, 6.07) is 7.54. The number of H-pyrrole nitrogens is 1. The van der Waals surface area contributed by atoms with E-state index >= 15 is 0 Å². The van der Waals surface area contributed by atoms with Gasteiger partial charge in [0, 0.05) is 49.2 Å². The molecule has 0 unspecified atom stereocenters. The number of nitrogens with zero attached hydrogens (tertiary/aromatic N) is 3. The Morgan fingerprint density at radius 2 is 2.18 bits per heavy atom. The van der Waals surface area contributed by atoms with Gasteiger partial charge in [0.15, 0.2) is 5.43 Å². The third-order valence-electron chi connectivity index (χ3n) is 3.69. The van der Waals surface area contributed by atoms with Crippen LogP contribution < -0.4 is 10.7 Å². The van der Waals surface area contributed by atoms with Crippen LogP contribution >= 0.6 is 0 Å². The van der Waals surface area contributed by atoms with E-state index in [1.54, 1.807) is 17.1 Å². The molecule has 0 radical (unpaired) electrons. The first kappa shape index (κ1) is 14.5. The first-order valence-electron chi connectivity index (χ1n) is 7.29. The summed E-state index contributed by atoms with van der Waals surface area (Å²) in [6.45, 7) is 3.39. The van der Waals surface area contributed by atoms with Gasteiger partial charge in [0.05, 0.1) is 0 Å². The minimum absolute atomic E-state index is 0.0579. The molecule has 3 rings (SSSR count). The van der Waals surface area contributed by atoms with Gasteiger partial charge in [-0.05, 0) is 19.1 Å². The Morgan fingerprint density at radius 1 is 1.32 bits per heavy atom. The number of nitrogens with one attached hydrogen (secondary N) is 2. The maximum Gasteiger partial charge on any atom is 0.189 e. The second kappa shape index (κ2) is 6.11. The zero-order chi connectivity index (χ0) is 15.5. The van der Waals surface area contributed by atoms with Crippen molar-refractivity contribution in [2.24, 2.45) is 7.05 Å². The number of rotatable bonds is 5. The lowest BCUT2D eigenvalue weighted by Crippen LogP contribution is -2.20. The molecule has 0 bridgehead atoms. The van der Waals surface area contributed by atoms with Gasteiger partial charge in [0.1, 0.15) is 12.2 Å². The average Bonchev–Trinajstić information content (AvgIpc) is 2.90. The Hall–Kier alpha value is -2.47. The maximum atomic E-state index is 12.1. The lowest BCUT2D eigenvalue weighted by atomic mass is 10.1. The molecule has 0 saturated heterocycles. The van der Waals surface area contributed by atoms with E-state index in [1.807, 2.05) is 32.2 Å². The highest BCUT2D eigenvalue weighted by molar-refractivity contribution is 5.79. The number of pyridine rings is 1. The third kappa shape index (κ3) is 3.07. The van der Waals surface area contributed by atoms with Gasteiger partial charge in [-0.2, -0.15) is 5.10 Å². The van der Waals surface area contributed by atoms with E-state index < -0.39 is 0 Å². The average molecular weight is 297 g/mol. The Kier molecular flexibility index (Phi) is 4.02. The number of benzene rings is 1. The van der Waals surface area contributed by atoms with Crippen molar-refractivity contribution in [2.75, 3.05) is 6.54 Å². The van der Waals surface area contributed by atoms with Crippen LogP contribution in [0.1, 0.15) is 17.1 Å². The molecule has 22 heavy (non-hydrogen) atoms. The van der Waals surface area contributed by atoms with Crippen molar-refractivity contribution < 1.29 is 0 Å². The van der Waals surface area contributed by atoms with Crippen molar-refractivity contribution in [1.82, 2.24) is 25.1 Å². The largest absolute Gasteiger partial charge is 0.357 e. The predicted molar refractivity (Wildman–Crippen MR) is 85.7 cm³/mol. The van der Waals surface area contributed by atoms with Crippen LogP contribution in [-0.4, -0.2) is 26.3 Å². The maximum absolute atomic E-state index is 12.1. The van der Waals surface area contributed by atoms with Crippen LogP contribution in [0, 0.1) is 6.92 Å². The number of aromatic amines is 1. The lowest BCUT2D eigenvalue weighted by molar-refractivity contribution is 0.629. The highest BCUT2D eigenvalue weighted by Crippen LogP contribution is 2.10. The van der Waals surface area contributed by atoms with Gasteiger partial charge in [0.25, 0.3) is 0 Å². The fourth-order valence-corrected chi connectivity index (χ4v) is 2.48. The minimum atomic E-state index is 0.0579. The molecule has 0 fully saturated rings. The van der Waals surface area contributed by atoms with E-state index in [1.165, 1.54) is 0 Å². The molecular weight excluding hydrogens is 278 g/mol. The van der Waals surface area contributed by atoms with Crippen LogP contribution in [0.3, 0.4) is 0 Å². The van der Waals surface area contributed by atoms with Crippen LogP contribution in [0.15, 0.2) is 35.4 Å². The predicted octanol–water partition coefficient (Wildman–Crippen LogP) is 1.30. The van der Waals surface area contributed by atoms with Crippen LogP contribution in [0.2, 0.25) is 0 Å².